The topological polar surface area (TPSA) is 74.4 Å². The Labute approximate surface area is 111 Å². The lowest BCUT2D eigenvalue weighted by Crippen LogP contribution is -2.09. The van der Waals surface area contributed by atoms with Crippen LogP contribution in [-0.4, -0.2) is 24.2 Å². The first kappa shape index (κ1) is 13.1. The molecule has 19 heavy (non-hydrogen) atoms. The quantitative estimate of drug-likeness (QED) is 0.854. The van der Waals surface area contributed by atoms with E-state index in [1.807, 2.05) is 25.1 Å². The largest absolute Gasteiger partial charge is 0.492 e. The van der Waals surface area contributed by atoms with Gasteiger partial charge in [0.05, 0.1) is 18.9 Å². The number of nitrogens with zero attached hydrogens (tertiary/aromatic N) is 1. The summed E-state index contributed by atoms with van der Waals surface area (Å²) >= 11 is 0. The minimum Gasteiger partial charge on any atom is -0.492 e. The molecule has 1 aromatic carbocycles. The molecular formula is C14H16N2O3. The summed E-state index contributed by atoms with van der Waals surface area (Å²) in [5, 5.41) is 0.691. The molecule has 0 unspecified atom stereocenters. The number of para-hydroxylation sites is 1. The third-order valence-electron chi connectivity index (χ3n) is 2.70. The van der Waals surface area contributed by atoms with E-state index in [0.717, 1.165) is 0 Å². The van der Waals surface area contributed by atoms with Crippen molar-refractivity contribution in [3.8, 4) is 5.75 Å². The summed E-state index contributed by atoms with van der Waals surface area (Å²) in [4.78, 5) is 16.0. The van der Waals surface area contributed by atoms with Gasteiger partial charge in [0.1, 0.15) is 16.8 Å². The van der Waals surface area contributed by atoms with Gasteiger partial charge in [-0.25, -0.2) is 4.79 Å². The molecule has 0 aliphatic carbocycles. The number of anilines is 1. The molecule has 0 fully saturated rings. The fourth-order valence-electron chi connectivity index (χ4n) is 1.86. The molecule has 2 rings (SSSR count). The van der Waals surface area contributed by atoms with Crippen LogP contribution in [0.5, 0.6) is 5.75 Å². The Morgan fingerprint density at radius 1 is 1.32 bits per heavy atom. The number of rotatable bonds is 4. The van der Waals surface area contributed by atoms with Crippen molar-refractivity contribution in [1.82, 2.24) is 4.98 Å². The van der Waals surface area contributed by atoms with Crippen LogP contribution in [0, 0.1) is 0 Å². The number of fused-ring (bicyclic) bond motifs is 1. The molecule has 5 nitrogen and oxygen atoms in total. The zero-order valence-corrected chi connectivity index (χ0v) is 11.0. The first-order valence-electron chi connectivity index (χ1n) is 6.16. The van der Waals surface area contributed by atoms with Gasteiger partial charge in [-0.05, 0) is 19.9 Å². The zero-order valence-electron chi connectivity index (χ0n) is 11.0. The number of benzene rings is 1. The average Bonchev–Trinajstić information content (AvgIpc) is 2.40. The normalized spacial score (nSPS) is 10.4. The van der Waals surface area contributed by atoms with E-state index < -0.39 is 5.97 Å². The van der Waals surface area contributed by atoms with Crippen LogP contribution in [0.1, 0.15) is 24.2 Å². The van der Waals surface area contributed by atoms with Crippen molar-refractivity contribution >= 4 is 22.6 Å². The highest BCUT2D eigenvalue weighted by Crippen LogP contribution is 2.29. The molecule has 0 aliphatic heterocycles. The van der Waals surface area contributed by atoms with Crippen LogP contribution in [0.25, 0.3) is 10.9 Å². The SMILES string of the molecule is CCOC(=O)c1cnc2c(OCC)cccc2c1N. The maximum Gasteiger partial charge on any atom is 0.341 e. The second-order valence-corrected chi connectivity index (χ2v) is 3.89. The number of esters is 1. The molecule has 0 amide bonds. The highest BCUT2D eigenvalue weighted by atomic mass is 16.5. The van der Waals surface area contributed by atoms with Gasteiger partial charge in [-0.15, -0.1) is 0 Å². The molecule has 1 aromatic heterocycles. The van der Waals surface area contributed by atoms with Gasteiger partial charge >= 0.3 is 5.97 Å². The molecule has 0 saturated heterocycles. The molecule has 2 N–H and O–H groups in total. The summed E-state index contributed by atoms with van der Waals surface area (Å²) in [6.07, 6.45) is 1.43. The first-order valence-corrected chi connectivity index (χ1v) is 6.16. The van der Waals surface area contributed by atoms with Gasteiger partial charge < -0.3 is 15.2 Å². The van der Waals surface area contributed by atoms with Crippen LogP contribution >= 0.6 is 0 Å². The van der Waals surface area contributed by atoms with Gasteiger partial charge in [0.15, 0.2) is 0 Å². The minimum absolute atomic E-state index is 0.281. The predicted octanol–water partition coefficient (Wildman–Crippen LogP) is 2.39. The van der Waals surface area contributed by atoms with Crippen LogP contribution in [0.4, 0.5) is 5.69 Å². The Kier molecular flexibility index (Phi) is 3.85. The van der Waals surface area contributed by atoms with E-state index in [4.69, 9.17) is 15.2 Å². The molecule has 0 atom stereocenters. The van der Waals surface area contributed by atoms with Crippen LogP contribution in [0.15, 0.2) is 24.4 Å². The second-order valence-electron chi connectivity index (χ2n) is 3.89. The number of hydrogen-bond acceptors (Lipinski definition) is 5. The molecule has 100 valence electrons. The van der Waals surface area contributed by atoms with Gasteiger partial charge in [-0.1, -0.05) is 12.1 Å². The number of nitrogen functional groups attached to an aromatic ring is 1. The second kappa shape index (κ2) is 5.56. The smallest absolute Gasteiger partial charge is 0.341 e. The first-order chi connectivity index (χ1) is 9.19. The summed E-state index contributed by atoms with van der Waals surface area (Å²) in [5.41, 5.74) is 7.31. The van der Waals surface area contributed by atoms with Crippen molar-refractivity contribution in [1.29, 1.82) is 0 Å². The van der Waals surface area contributed by atoms with Gasteiger partial charge in [0.2, 0.25) is 0 Å². The Balaban J connectivity index is 2.56. The van der Waals surface area contributed by atoms with Gasteiger partial charge in [-0.3, -0.25) is 4.98 Å². The Morgan fingerprint density at radius 2 is 2.11 bits per heavy atom. The maximum absolute atomic E-state index is 11.7. The van der Waals surface area contributed by atoms with Gasteiger partial charge in [0, 0.05) is 11.6 Å². The third kappa shape index (κ3) is 2.45. The number of pyridine rings is 1. The highest BCUT2D eigenvalue weighted by molar-refractivity contribution is 6.05. The van der Waals surface area contributed by atoms with Crippen molar-refractivity contribution in [2.45, 2.75) is 13.8 Å². The van der Waals surface area contributed by atoms with Crippen molar-refractivity contribution < 1.29 is 14.3 Å². The highest BCUT2D eigenvalue weighted by Gasteiger charge is 2.15. The van der Waals surface area contributed by atoms with Crippen molar-refractivity contribution in [2.75, 3.05) is 18.9 Å². The van der Waals surface area contributed by atoms with Crippen LogP contribution < -0.4 is 10.5 Å². The van der Waals surface area contributed by atoms with E-state index >= 15 is 0 Å². The molecular weight excluding hydrogens is 244 g/mol. The summed E-state index contributed by atoms with van der Waals surface area (Å²) in [5.74, 6) is 0.193. The number of hydrogen-bond donors (Lipinski definition) is 1. The molecule has 0 aliphatic rings. The van der Waals surface area contributed by atoms with Crippen molar-refractivity contribution in [3.63, 3.8) is 0 Å². The van der Waals surface area contributed by atoms with Crippen LogP contribution in [-0.2, 0) is 4.74 Å². The van der Waals surface area contributed by atoms with E-state index in [1.54, 1.807) is 6.92 Å². The molecule has 0 saturated carbocycles. The average molecular weight is 260 g/mol. The zero-order chi connectivity index (χ0) is 13.8. The Hall–Kier alpha value is -2.30. The molecule has 0 spiro atoms. The fraction of sp³-hybridized carbons (Fsp3) is 0.286. The van der Waals surface area contributed by atoms with E-state index in [9.17, 15) is 4.79 Å². The standard InChI is InChI=1S/C14H16N2O3/c1-3-18-11-7-5-6-9-12(15)10(8-16-13(9)11)14(17)19-4-2/h5-8H,3-4H2,1-2H3,(H2,15,16). The van der Waals surface area contributed by atoms with E-state index in [1.165, 1.54) is 6.20 Å². The monoisotopic (exact) mass is 260 g/mol. The lowest BCUT2D eigenvalue weighted by molar-refractivity contribution is 0.0527. The Morgan fingerprint density at radius 3 is 2.79 bits per heavy atom. The number of carbonyl (C=O) groups excluding carboxylic acids is 1. The molecule has 0 bridgehead atoms. The van der Waals surface area contributed by atoms with E-state index in [2.05, 4.69) is 4.98 Å². The maximum atomic E-state index is 11.7. The number of carbonyl (C=O) groups is 1. The van der Waals surface area contributed by atoms with Crippen LogP contribution in [0.3, 0.4) is 0 Å². The van der Waals surface area contributed by atoms with Crippen LogP contribution in [0.2, 0.25) is 0 Å². The number of ether oxygens (including phenoxy) is 2. The summed E-state index contributed by atoms with van der Waals surface area (Å²) < 4.78 is 10.4. The fourth-order valence-corrected chi connectivity index (χ4v) is 1.86. The third-order valence-corrected chi connectivity index (χ3v) is 2.70. The number of aromatic nitrogens is 1. The van der Waals surface area contributed by atoms with Crippen molar-refractivity contribution in [2.24, 2.45) is 0 Å². The Bertz CT molecular complexity index is 611. The van der Waals surface area contributed by atoms with Crippen molar-refractivity contribution in [3.05, 3.63) is 30.0 Å². The molecule has 2 aromatic rings. The van der Waals surface area contributed by atoms with E-state index in [0.29, 0.717) is 35.6 Å². The van der Waals surface area contributed by atoms with E-state index in [-0.39, 0.29) is 5.56 Å². The summed E-state index contributed by atoms with van der Waals surface area (Å²) in [7, 11) is 0. The van der Waals surface area contributed by atoms with Gasteiger partial charge in [0.25, 0.3) is 0 Å². The lowest BCUT2D eigenvalue weighted by Gasteiger charge is -2.10. The summed E-state index contributed by atoms with van der Waals surface area (Å²) in [6.45, 7) is 4.49. The minimum atomic E-state index is -0.462. The molecule has 0 radical (unpaired) electrons. The lowest BCUT2D eigenvalue weighted by atomic mass is 10.1. The summed E-state index contributed by atoms with van der Waals surface area (Å²) in [6, 6.07) is 5.45. The molecule has 5 heteroatoms. The number of nitrogens with two attached hydrogens (primary N) is 1. The molecule has 1 heterocycles. The predicted molar refractivity (Wildman–Crippen MR) is 73.3 cm³/mol. The van der Waals surface area contributed by atoms with Gasteiger partial charge in [-0.2, -0.15) is 0 Å².